The molecule has 0 fully saturated rings. The van der Waals surface area contributed by atoms with Gasteiger partial charge in [-0.05, 0) is 60.0 Å². The van der Waals surface area contributed by atoms with E-state index in [0.717, 1.165) is 12.2 Å². The molecule has 1 unspecified atom stereocenters. The van der Waals surface area contributed by atoms with E-state index in [1.54, 1.807) is 18.4 Å². The van der Waals surface area contributed by atoms with Crippen molar-refractivity contribution in [3.8, 4) is 5.75 Å². The highest BCUT2D eigenvalue weighted by Crippen LogP contribution is 2.25. The van der Waals surface area contributed by atoms with Gasteiger partial charge in [-0.2, -0.15) is 11.3 Å². The van der Waals surface area contributed by atoms with Gasteiger partial charge in [-0.1, -0.05) is 12.1 Å². The van der Waals surface area contributed by atoms with Gasteiger partial charge in [-0.15, -0.1) is 0 Å². The molecule has 2 rings (SSSR count). The summed E-state index contributed by atoms with van der Waals surface area (Å²) in [5, 5.41) is 7.84. The van der Waals surface area contributed by atoms with Crippen molar-refractivity contribution in [2.75, 3.05) is 14.2 Å². The highest BCUT2D eigenvalue weighted by molar-refractivity contribution is 7.08. The molecule has 1 aromatic heterocycles. The molecule has 0 saturated heterocycles. The average molecular weight is 261 g/mol. The average Bonchev–Trinajstić information content (AvgIpc) is 2.83. The molecule has 1 atom stereocenters. The summed E-state index contributed by atoms with van der Waals surface area (Å²) < 4.78 is 5.18. The van der Waals surface area contributed by atoms with Crippen LogP contribution in [0.25, 0.3) is 0 Å². The SMILES string of the molecule is CNC(Cc1ccc(OC)cc1)c1cscc1C. The lowest BCUT2D eigenvalue weighted by molar-refractivity contribution is 0.414. The largest absolute Gasteiger partial charge is 0.497 e. The summed E-state index contributed by atoms with van der Waals surface area (Å²) in [4.78, 5) is 0. The van der Waals surface area contributed by atoms with Gasteiger partial charge in [0.25, 0.3) is 0 Å². The van der Waals surface area contributed by atoms with Gasteiger partial charge in [0.2, 0.25) is 0 Å². The second kappa shape index (κ2) is 6.03. The van der Waals surface area contributed by atoms with E-state index >= 15 is 0 Å². The lowest BCUT2D eigenvalue weighted by atomic mass is 9.99. The Hall–Kier alpha value is -1.32. The lowest BCUT2D eigenvalue weighted by Gasteiger charge is -2.16. The van der Waals surface area contributed by atoms with Crippen LogP contribution in [-0.4, -0.2) is 14.2 Å². The molecular formula is C15H19NOS. The van der Waals surface area contributed by atoms with Crippen molar-refractivity contribution >= 4 is 11.3 Å². The van der Waals surface area contributed by atoms with Crippen LogP contribution in [0, 0.1) is 6.92 Å². The molecule has 1 N–H and O–H groups in total. The van der Waals surface area contributed by atoms with Crippen LogP contribution >= 0.6 is 11.3 Å². The maximum atomic E-state index is 5.18. The third-order valence-corrected chi connectivity index (χ3v) is 4.10. The first-order valence-electron chi connectivity index (χ1n) is 6.07. The van der Waals surface area contributed by atoms with E-state index in [4.69, 9.17) is 4.74 Å². The van der Waals surface area contributed by atoms with Crippen molar-refractivity contribution in [1.29, 1.82) is 0 Å². The molecule has 0 aliphatic carbocycles. The fraction of sp³-hybridized carbons (Fsp3) is 0.333. The molecule has 18 heavy (non-hydrogen) atoms. The van der Waals surface area contributed by atoms with Crippen LogP contribution in [0.2, 0.25) is 0 Å². The lowest BCUT2D eigenvalue weighted by Crippen LogP contribution is -2.19. The minimum Gasteiger partial charge on any atom is -0.497 e. The number of hydrogen-bond acceptors (Lipinski definition) is 3. The molecule has 3 heteroatoms. The fourth-order valence-electron chi connectivity index (χ4n) is 2.09. The highest BCUT2D eigenvalue weighted by atomic mass is 32.1. The normalized spacial score (nSPS) is 12.4. The molecular weight excluding hydrogens is 242 g/mol. The Morgan fingerprint density at radius 2 is 1.94 bits per heavy atom. The van der Waals surface area contributed by atoms with E-state index in [-0.39, 0.29) is 0 Å². The van der Waals surface area contributed by atoms with E-state index in [0.29, 0.717) is 6.04 Å². The summed E-state index contributed by atoms with van der Waals surface area (Å²) in [6, 6.07) is 8.67. The van der Waals surface area contributed by atoms with Gasteiger partial charge in [0.15, 0.2) is 0 Å². The van der Waals surface area contributed by atoms with E-state index in [1.807, 2.05) is 19.2 Å². The molecule has 1 aromatic carbocycles. The van der Waals surface area contributed by atoms with Gasteiger partial charge in [0, 0.05) is 6.04 Å². The smallest absolute Gasteiger partial charge is 0.118 e. The van der Waals surface area contributed by atoms with Gasteiger partial charge in [0.1, 0.15) is 5.75 Å². The molecule has 0 amide bonds. The van der Waals surface area contributed by atoms with Crippen LogP contribution in [0.4, 0.5) is 0 Å². The molecule has 96 valence electrons. The van der Waals surface area contributed by atoms with Crippen LogP contribution in [0.3, 0.4) is 0 Å². The first-order chi connectivity index (χ1) is 8.74. The van der Waals surface area contributed by atoms with E-state index in [1.165, 1.54) is 16.7 Å². The minimum atomic E-state index is 0.379. The number of thiophene rings is 1. The molecule has 2 aromatic rings. The molecule has 0 bridgehead atoms. The predicted octanol–water partition coefficient (Wildman–Crippen LogP) is 3.57. The fourth-order valence-corrected chi connectivity index (χ4v) is 3.00. The Morgan fingerprint density at radius 1 is 1.22 bits per heavy atom. The second-order valence-corrected chi connectivity index (χ2v) is 5.15. The van der Waals surface area contributed by atoms with Crippen molar-refractivity contribution in [2.45, 2.75) is 19.4 Å². The zero-order valence-corrected chi connectivity index (χ0v) is 11.9. The van der Waals surface area contributed by atoms with Gasteiger partial charge in [-0.25, -0.2) is 0 Å². The minimum absolute atomic E-state index is 0.379. The molecule has 0 radical (unpaired) electrons. The standard InChI is InChI=1S/C15H19NOS/c1-11-9-18-10-14(11)15(16-2)8-12-4-6-13(17-3)7-5-12/h4-7,9-10,15-16H,8H2,1-3H3. The van der Waals surface area contributed by atoms with E-state index < -0.39 is 0 Å². The summed E-state index contributed by atoms with van der Waals surface area (Å²) in [6.07, 6.45) is 0.998. The Kier molecular flexibility index (Phi) is 4.39. The number of hydrogen-bond donors (Lipinski definition) is 1. The number of benzene rings is 1. The summed E-state index contributed by atoms with van der Waals surface area (Å²) in [5.41, 5.74) is 4.09. The van der Waals surface area contributed by atoms with Crippen molar-refractivity contribution in [3.05, 3.63) is 51.7 Å². The first-order valence-corrected chi connectivity index (χ1v) is 7.01. The molecule has 2 nitrogen and oxygen atoms in total. The van der Waals surface area contributed by atoms with Gasteiger partial charge in [0.05, 0.1) is 7.11 Å². The Bertz CT molecular complexity index is 489. The maximum Gasteiger partial charge on any atom is 0.118 e. The summed E-state index contributed by atoms with van der Waals surface area (Å²) >= 11 is 1.77. The number of likely N-dealkylation sites (N-methyl/N-ethyl adjacent to an activating group) is 1. The van der Waals surface area contributed by atoms with Crippen molar-refractivity contribution in [2.24, 2.45) is 0 Å². The molecule has 0 spiro atoms. The van der Waals surface area contributed by atoms with Crippen LogP contribution < -0.4 is 10.1 Å². The summed E-state index contributed by atoms with van der Waals surface area (Å²) in [7, 11) is 3.71. The molecule has 0 saturated carbocycles. The molecule has 0 aliphatic heterocycles. The van der Waals surface area contributed by atoms with Crippen LogP contribution in [0.1, 0.15) is 22.7 Å². The van der Waals surface area contributed by atoms with Gasteiger partial charge in [-0.3, -0.25) is 0 Å². The van der Waals surface area contributed by atoms with Gasteiger partial charge < -0.3 is 10.1 Å². The summed E-state index contributed by atoms with van der Waals surface area (Å²) in [5.74, 6) is 0.909. The third kappa shape index (κ3) is 2.92. The van der Waals surface area contributed by atoms with E-state index in [2.05, 4.69) is 35.1 Å². The van der Waals surface area contributed by atoms with Crippen LogP contribution in [0.5, 0.6) is 5.75 Å². The highest BCUT2D eigenvalue weighted by Gasteiger charge is 2.13. The predicted molar refractivity (Wildman–Crippen MR) is 77.6 cm³/mol. The third-order valence-electron chi connectivity index (χ3n) is 3.22. The van der Waals surface area contributed by atoms with Crippen LogP contribution in [-0.2, 0) is 6.42 Å². The van der Waals surface area contributed by atoms with Crippen molar-refractivity contribution < 1.29 is 4.74 Å². The molecule has 1 heterocycles. The monoisotopic (exact) mass is 261 g/mol. The number of aryl methyl sites for hydroxylation is 1. The number of rotatable bonds is 5. The zero-order valence-electron chi connectivity index (χ0n) is 11.1. The number of nitrogens with one attached hydrogen (secondary N) is 1. The first kappa shape index (κ1) is 13.1. The maximum absolute atomic E-state index is 5.18. The van der Waals surface area contributed by atoms with E-state index in [9.17, 15) is 0 Å². The topological polar surface area (TPSA) is 21.3 Å². The summed E-state index contributed by atoms with van der Waals surface area (Å²) in [6.45, 7) is 2.17. The number of ether oxygens (including phenoxy) is 1. The van der Waals surface area contributed by atoms with Crippen LogP contribution in [0.15, 0.2) is 35.0 Å². The quantitative estimate of drug-likeness (QED) is 0.888. The Balaban J connectivity index is 2.13. The Labute approximate surface area is 113 Å². The number of methoxy groups -OCH3 is 1. The zero-order chi connectivity index (χ0) is 13.0. The van der Waals surface area contributed by atoms with Gasteiger partial charge >= 0.3 is 0 Å². The van der Waals surface area contributed by atoms with Crippen molar-refractivity contribution in [3.63, 3.8) is 0 Å². The Morgan fingerprint density at radius 3 is 2.44 bits per heavy atom. The second-order valence-electron chi connectivity index (χ2n) is 4.40. The van der Waals surface area contributed by atoms with Crippen molar-refractivity contribution in [1.82, 2.24) is 5.32 Å². The molecule has 0 aliphatic rings.